The smallest absolute Gasteiger partial charge is 0.225 e. The number of anilines is 1. The van der Waals surface area contributed by atoms with Crippen LogP contribution in [0.2, 0.25) is 0 Å². The summed E-state index contributed by atoms with van der Waals surface area (Å²) in [5.74, 6) is 0.589. The van der Waals surface area contributed by atoms with E-state index >= 15 is 0 Å². The number of hydrogen-bond donors (Lipinski definition) is 2. The van der Waals surface area contributed by atoms with Gasteiger partial charge in [0.25, 0.3) is 0 Å². The Hall–Kier alpha value is -1.11. The molecule has 1 amide bonds. The largest absolute Gasteiger partial charge is 0.351 e. The minimum Gasteiger partial charge on any atom is -0.351 e. The maximum Gasteiger partial charge on any atom is 0.225 e. The molecular weight excluding hydrogens is 325 g/mol. The molecule has 2 heterocycles. The maximum absolute atomic E-state index is 12.1. The predicted molar refractivity (Wildman–Crippen MR) is 92.7 cm³/mol. The topological polar surface area (TPSA) is 84.1 Å². The van der Waals surface area contributed by atoms with Crippen LogP contribution in [0, 0.1) is 5.92 Å². The Morgan fingerprint density at radius 1 is 1.36 bits per heavy atom. The third kappa shape index (κ3) is 5.59. The van der Waals surface area contributed by atoms with Gasteiger partial charge in [0.2, 0.25) is 11.9 Å². The maximum atomic E-state index is 12.1. The molecule has 1 aliphatic heterocycles. The van der Waals surface area contributed by atoms with Gasteiger partial charge in [0.05, 0.1) is 0 Å². The average Bonchev–Trinajstić information content (AvgIpc) is 2.47. The zero-order valence-electron chi connectivity index (χ0n) is 12.9. The first-order valence-electron chi connectivity index (χ1n) is 7.16. The minimum atomic E-state index is -0.168. The quantitative estimate of drug-likeness (QED) is 0.857. The molecule has 1 fully saturated rings. The van der Waals surface area contributed by atoms with Crippen molar-refractivity contribution in [3.63, 3.8) is 0 Å². The highest BCUT2D eigenvalue weighted by molar-refractivity contribution is 5.85. The van der Waals surface area contributed by atoms with Gasteiger partial charge >= 0.3 is 0 Å². The number of nitrogens with two attached hydrogens (primary N) is 1. The Labute approximate surface area is 144 Å². The Morgan fingerprint density at radius 3 is 2.59 bits per heavy atom. The molecule has 2 rings (SSSR count). The second kappa shape index (κ2) is 9.82. The van der Waals surface area contributed by atoms with Crippen LogP contribution in [0.1, 0.15) is 26.7 Å². The van der Waals surface area contributed by atoms with Crippen LogP contribution in [0.5, 0.6) is 0 Å². The number of amides is 1. The standard InChI is InChI=1S/C14H23N5O.2ClH/c1-10(11(2)15)13(20)18-12-5-3-8-19(9-12)14-16-6-4-7-17-14;;/h4,6-7,10-12H,3,5,8-9,15H2,1-2H3,(H,18,20);2*1H. The van der Waals surface area contributed by atoms with Crippen molar-refractivity contribution < 1.29 is 4.79 Å². The normalized spacial score (nSPS) is 20.1. The molecule has 1 aromatic heterocycles. The SMILES string of the molecule is CC(N)C(C)C(=O)NC1CCCN(c2ncccn2)C1.Cl.Cl. The average molecular weight is 350 g/mol. The lowest BCUT2D eigenvalue weighted by Crippen LogP contribution is -2.51. The van der Waals surface area contributed by atoms with E-state index in [4.69, 9.17) is 5.73 Å². The van der Waals surface area contributed by atoms with E-state index in [9.17, 15) is 4.79 Å². The van der Waals surface area contributed by atoms with Crippen molar-refractivity contribution in [3.8, 4) is 0 Å². The number of aromatic nitrogens is 2. The first-order chi connectivity index (χ1) is 9.58. The fourth-order valence-electron chi connectivity index (χ4n) is 2.30. The summed E-state index contributed by atoms with van der Waals surface area (Å²) in [7, 11) is 0. The highest BCUT2D eigenvalue weighted by atomic mass is 35.5. The number of hydrogen-bond acceptors (Lipinski definition) is 5. The number of halogens is 2. The van der Waals surface area contributed by atoms with Crippen LogP contribution in [-0.4, -0.2) is 41.0 Å². The first-order valence-corrected chi connectivity index (χ1v) is 7.16. The third-order valence-electron chi connectivity index (χ3n) is 3.80. The summed E-state index contributed by atoms with van der Waals surface area (Å²) in [6, 6.07) is 1.81. The molecular formula is C14H25Cl2N5O. The van der Waals surface area contributed by atoms with Gasteiger partial charge in [-0.05, 0) is 25.8 Å². The fraction of sp³-hybridized carbons (Fsp3) is 0.643. The molecule has 22 heavy (non-hydrogen) atoms. The van der Waals surface area contributed by atoms with Crippen LogP contribution in [0.15, 0.2) is 18.5 Å². The second-order valence-corrected chi connectivity index (χ2v) is 5.49. The lowest BCUT2D eigenvalue weighted by molar-refractivity contribution is -0.125. The summed E-state index contributed by atoms with van der Waals surface area (Å²) < 4.78 is 0. The van der Waals surface area contributed by atoms with Crippen molar-refractivity contribution in [2.75, 3.05) is 18.0 Å². The van der Waals surface area contributed by atoms with Crippen molar-refractivity contribution in [1.29, 1.82) is 0 Å². The first kappa shape index (κ1) is 20.9. The zero-order chi connectivity index (χ0) is 14.5. The summed E-state index contributed by atoms with van der Waals surface area (Å²) in [5.41, 5.74) is 5.77. The number of piperidine rings is 1. The van der Waals surface area contributed by atoms with Crippen molar-refractivity contribution in [2.24, 2.45) is 11.7 Å². The van der Waals surface area contributed by atoms with Gasteiger partial charge in [-0.3, -0.25) is 4.79 Å². The van der Waals surface area contributed by atoms with Crippen molar-refractivity contribution in [3.05, 3.63) is 18.5 Å². The third-order valence-corrected chi connectivity index (χ3v) is 3.80. The number of nitrogens with one attached hydrogen (secondary N) is 1. The molecule has 1 aliphatic rings. The van der Waals surface area contributed by atoms with E-state index < -0.39 is 0 Å². The molecule has 126 valence electrons. The molecule has 0 saturated carbocycles. The monoisotopic (exact) mass is 349 g/mol. The molecule has 3 unspecified atom stereocenters. The van der Waals surface area contributed by atoms with Crippen LogP contribution in [0.25, 0.3) is 0 Å². The minimum absolute atomic E-state index is 0. The lowest BCUT2D eigenvalue weighted by atomic mass is 10.0. The highest BCUT2D eigenvalue weighted by Crippen LogP contribution is 2.15. The van der Waals surface area contributed by atoms with E-state index in [1.165, 1.54) is 0 Å². The van der Waals surface area contributed by atoms with Crippen LogP contribution >= 0.6 is 24.8 Å². The molecule has 3 atom stereocenters. The molecule has 0 bridgehead atoms. The summed E-state index contributed by atoms with van der Waals surface area (Å²) in [4.78, 5) is 22.7. The van der Waals surface area contributed by atoms with Gasteiger partial charge in [-0.2, -0.15) is 0 Å². The van der Waals surface area contributed by atoms with Gasteiger partial charge in [0.15, 0.2) is 0 Å². The van der Waals surface area contributed by atoms with E-state index in [-0.39, 0.29) is 48.7 Å². The van der Waals surface area contributed by atoms with Gasteiger partial charge in [-0.1, -0.05) is 6.92 Å². The molecule has 0 spiro atoms. The molecule has 0 radical (unpaired) electrons. The molecule has 0 aliphatic carbocycles. The molecule has 0 aromatic carbocycles. The van der Waals surface area contributed by atoms with Crippen molar-refractivity contribution in [2.45, 2.75) is 38.8 Å². The van der Waals surface area contributed by atoms with E-state index in [2.05, 4.69) is 20.2 Å². The van der Waals surface area contributed by atoms with E-state index in [0.717, 1.165) is 31.9 Å². The van der Waals surface area contributed by atoms with Crippen LogP contribution < -0.4 is 16.0 Å². The highest BCUT2D eigenvalue weighted by Gasteiger charge is 2.25. The summed E-state index contributed by atoms with van der Waals surface area (Å²) >= 11 is 0. The summed E-state index contributed by atoms with van der Waals surface area (Å²) in [5, 5.41) is 3.08. The van der Waals surface area contributed by atoms with Crippen molar-refractivity contribution in [1.82, 2.24) is 15.3 Å². The Balaban J connectivity index is 0.00000220. The van der Waals surface area contributed by atoms with Gasteiger partial charge in [-0.15, -0.1) is 24.8 Å². The van der Waals surface area contributed by atoms with Crippen molar-refractivity contribution >= 4 is 36.7 Å². The molecule has 1 saturated heterocycles. The number of carbonyl (C=O) groups is 1. The van der Waals surface area contributed by atoms with Gasteiger partial charge in [0.1, 0.15) is 0 Å². The Bertz CT molecular complexity index is 446. The molecule has 3 N–H and O–H groups in total. The number of nitrogens with zero attached hydrogens (tertiary/aromatic N) is 3. The van der Waals surface area contributed by atoms with E-state index in [1.54, 1.807) is 18.5 Å². The Morgan fingerprint density at radius 2 is 2.00 bits per heavy atom. The molecule has 8 heteroatoms. The number of carbonyl (C=O) groups excluding carboxylic acids is 1. The summed E-state index contributed by atoms with van der Waals surface area (Å²) in [6.07, 6.45) is 5.49. The fourth-order valence-corrected chi connectivity index (χ4v) is 2.30. The van der Waals surface area contributed by atoms with Crippen LogP contribution in [0.4, 0.5) is 5.95 Å². The van der Waals surface area contributed by atoms with Crippen LogP contribution in [-0.2, 0) is 4.79 Å². The summed E-state index contributed by atoms with van der Waals surface area (Å²) in [6.45, 7) is 5.40. The zero-order valence-corrected chi connectivity index (χ0v) is 14.6. The number of rotatable bonds is 4. The van der Waals surface area contributed by atoms with E-state index in [0.29, 0.717) is 0 Å². The van der Waals surface area contributed by atoms with Gasteiger partial charge < -0.3 is 16.0 Å². The van der Waals surface area contributed by atoms with E-state index in [1.807, 2.05) is 13.8 Å². The molecule has 6 nitrogen and oxygen atoms in total. The molecule has 1 aromatic rings. The predicted octanol–water partition coefficient (Wildman–Crippen LogP) is 1.39. The van der Waals surface area contributed by atoms with Gasteiger partial charge in [0, 0.05) is 43.5 Å². The second-order valence-electron chi connectivity index (χ2n) is 5.49. The van der Waals surface area contributed by atoms with Gasteiger partial charge in [-0.25, -0.2) is 9.97 Å². The van der Waals surface area contributed by atoms with Crippen LogP contribution in [0.3, 0.4) is 0 Å². The lowest BCUT2D eigenvalue weighted by Gasteiger charge is -2.33. The Kier molecular flexibility index (Phi) is 9.32.